The number of methoxy groups -OCH3 is 2. The first-order chi connectivity index (χ1) is 12.1. The minimum absolute atomic E-state index is 0.351. The van der Waals surface area contributed by atoms with Crippen LogP contribution in [0.3, 0.4) is 0 Å². The number of nitrogens with one attached hydrogen (secondary N) is 1. The highest BCUT2D eigenvalue weighted by Gasteiger charge is 2.20. The molecular formula is C18H19NO5S. The molecular weight excluding hydrogens is 342 g/mol. The van der Waals surface area contributed by atoms with E-state index in [4.69, 9.17) is 14.2 Å². The van der Waals surface area contributed by atoms with Crippen molar-refractivity contribution in [1.29, 1.82) is 0 Å². The van der Waals surface area contributed by atoms with Crippen LogP contribution in [0.5, 0.6) is 11.5 Å². The Kier molecular flexibility index (Phi) is 5.23. The van der Waals surface area contributed by atoms with Crippen molar-refractivity contribution >= 4 is 28.9 Å². The van der Waals surface area contributed by atoms with Crippen molar-refractivity contribution < 1.29 is 23.8 Å². The molecule has 1 amide bonds. The highest BCUT2D eigenvalue weighted by molar-refractivity contribution is 7.14. The first-order valence-electron chi connectivity index (χ1n) is 7.91. The van der Waals surface area contributed by atoms with Crippen molar-refractivity contribution in [3.8, 4) is 11.5 Å². The summed E-state index contributed by atoms with van der Waals surface area (Å²) in [5.74, 6) is 0.192. The van der Waals surface area contributed by atoms with Gasteiger partial charge in [0, 0.05) is 10.9 Å². The number of carbonyl (C=O) groups is 2. The molecule has 0 bridgehead atoms. The largest absolute Gasteiger partial charge is 0.497 e. The summed E-state index contributed by atoms with van der Waals surface area (Å²) in [6.07, 6.45) is 3.17. The number of ether oxygens (including phenoxy) is 3. The van der Waals surface area contributed by atoms with Crippen LogP contribution in [0.4, 0.5) is 5.69 Å². The first-order valence-corrected chi connectivity index (χ1v) is 8.73. The van der Waals surface area contributed by atoms with Crippen LogP contribution in [0, 0.1) is 0 Å². The third-order valence-corrected chi connectivity index (χ3v) is 5.18. The Labute approximate surface area is 149 Å². The lowest BCUT2D eigenvalue weighted by Crippen LogP contribution is -2.21. The summed E-state index contributed by atoms with van der Waals surface area (Å²) >= 11 is 1.46. The van der Waals surface area contributed by atoms with Gasteiger partial charge in [0.1, 0.15) is 16.4 Å². The average Bonchev–Trinajstić information content (AvgIpc) is 3.22. The quantitative estimate of drug-likeness (QED) is 0.801. The van der Waals surface area contributed by atoms with Crippen LogP contribution >= 0.6 is 11.3 Å². The van der Waals surface area contributed by atoms with Gasteiger partial charge in [-0.05, 0) is 43.0 Å². The molecule has 0 fully saturated rings. The molecule has 2 aromatic rings. The normalized spacial score (nSPS) is 12.4. The molecule has 0 aliphatic heterocycles. The third kappa shape index (κ3) is 3.93. The molecule has 6 nitrogen and oxygen atoms in total. The highest BCUT2D eigenvalue weighted by atomic mass is 32.1. The van der Waals surface area contributed by atoms with Crippen molar-refractivity contribution in [2.75, 3.05) is 26.1 Å². The van der Waals surface area contributed by atoms with Crippen LogP contribution < -0.4 is 14.8 Å². The van der Waals surface area contributed by atoms with E-state index in [0.717, 1.165) is 19.3 Å². The molecule has 1 heterocycles. The van der Waals surface area contributed by atoms with E-state index >= 15 is 0 Å². The standard InChI is InChI=1S/C18H19NO5S/c1-22-12-6-7-13(14(9-12)23-2)19-17(20)10-24-18(21)16-8-11-4-3-5-15(11)25-16/h6-9H,3-5,10H2,1-2H3,(H,19,20). The van der Waals surface area contributed by atoms with E-state index in [2.05, 4.69) is 5.32 Å². The molecule has 1 aliphatic rings. The second-order valence-corrected chi connectivity index (χ2v) is 6.74. The summed E-state index contributed by atoms with van der Waals surface area (Å²) in [6.45, 7) is -0.351. The Morgan fingerprint density at radius 1 is 1.16 bits per heavy atom. The number of fused-ring (bicyclic) bond motifs is 1. The molecule has 0 unspecified atom stereocenters. The number of esters is 1. The van der Waals surface area contributed by atoms with Gasteiger partial charge in [-0.25, -0.2) is 4.79 Å². The van der Waals surface area contributed by atoms with E-state index in [0.29, 0.717) is 22.1 Å². The smallest absolute Gasteiger partial charge is 0.348 e. The molecule has 0 radical (unpaired) electrons. The Bertz CT molecular complexity index is 777. The number of aryl methyl sites for hydroxylation is 2. The summed E-state index contributed by atoms with van der Waals surface area (Å²) in [6, 6.07) is 6.91. The number of carbonyl (C=O) groups excluding carboxylic acids is 2. The molecule has 1 aromatic carbocycles. The van der Waals surface area contributed by atoms with Gasteiger partial charge < -0.3 is 19.5 Å². The number of rotatable bonds is 6. The van der Waals surface area contributed by atoms with E-state index in [1.807, 2.05) is 6.07 Å². The molecule has 0 saturated heterocycles. The second-order valence-electron chi connectivity index (χ2n) is 5.60. The van der Waals surface area contributed by atoms with Crippen LogP contribution in [0.1, 0.15) is 26.5 Å². The van der Waals surface area contributed by atoms with Crippen molar-refractivity contribution in [1.82, 2.24) is 0 Å². The summed E-state index contributed by atoms with van der Waals surface area (Å²) in [7, 11) is 3.05. The van der Waals surface area contributed by atoms with Crippen LogP contribution in [0.15, 0.2) is 24.3 Å². The van der Waals surface area contributed by atoms with E-state index in [1.54, 1.807) is 25.3 Å². The fourth-order valence-electron chi connectivity index (χ4n) is 2.72. The van der Waals surface area contributed by atoms with Crippen LogP contribution in [-0.4, -0.2) is 32.7 Å². The molecule has 25 heavy (non-hydrogen) atoms. The minimum atomic E-state index is -0.462. The number of anilines is 1. The molecule has 0 atom stereocenters. The lowest BCUT2D eigenvalue weighted by atomic mass is 10.2. The zero-order valence-electron chi connectivity index (χ0n) is 14.1. The van der Waals surface area contributed by atoms with Gasteiger partial charge in [-0.15, -0.1) is 11.3 Å². The SMILES string of the molecule is COc1ccc(NC(=O)COC(=O)c2cc3c(s2)CCC3)c(OC)c1. The van der Waals surface area contributed by atoms with Crippen LogP contribution in [0.2, 0.25) is 0 Å². The maximum atomic E-state index is 12.1. The van der Waals surface area contributed by atoms with E-state index in [1.165, 1.54) is 28.9 Å². The van der Waals surface area contributed by atoms with Crippen LogP contribution in [0.25, 0.3) is 0 Å². The molecule has 7 heteroatoms. The molecule has 0 saturated carbocycles. The third-order valence-electron chi connectivity index (χ3n) is 3.96. The fraction of sp³-hybridized carbons (Fsp3) is 0.333. The monoisotopic (exact) mass is 361 g/mol. The molecule has 1 N–H and O–H groups in total. The fourth-order valence-corrected chi connectivity index (χ4v) is 3.87. The van der Waals surface area contributed by atoms with E-state index < -0.39 is 11.9 Å². The van der Waals surface area contributed by atoms with Gasteiger partial charge in [0.2, 0.25) is 0 Å². The maximum Gasteiger partial charge on any atom is 0.348 e. The van der Waals surface area contributed by atoms with Gasteiger partial charge in [0.15, 0.2) is 6.61 Å². The number of amides is 1. The number of hydrogen-bond donors (Lipinski definition) is 1. The van der Waals surface area contributed by atoms with Crippen molar-refractivity contribution in [2.45, 2.75) is 19.3 Å². The van der Waals surface area contributed by atoms with Crippen molar-refractivity contribution in [3.05, 3.63) is 39.6 Å². The van der Waals surface area contributed by atoms with E-state index in [-0.39, 0.29) is 6.61 Å². The summed E-state index contributed by atoms with van der Waals surface area (Å²) in [5.41, 5.74) is 1.71. The summed E-state index contributed by atoms with van der Waals surface area (Å²) in [5, 5.41) is 2.67. The predicted octanol–water partition coefficient (Wildman–Crippen LogP) is 3.05. The minimum Gasteiger partial charge on any atom is -0.497 e. The van der Waals surface area contributed by atoms with Gasteiger partial charge in [0.05, 0.1) is 19.9 Å². The van der Waals surface area contributed by atoms with Crippen molar-refractivity contribution in [3.63, 3.8) is 0 Å². The average molecular weight is 361 g/mol. The lowest BCUT2D eigenvalue weighted by molar-refractivity contribution is -0.119. The number of benzene rings is 1. The molecule has 132 valence electrons. The Hall–Kier alpha value is -2.54. The topological polar surface area (TPSA) is 73.9 Å². The zero-order valence-corrected chi connectivity index (χ0v) is 14.9. The molecule has 0 spiro atoms. The van der Waals surface area contributed by atoms with E-state index in [9.17, 15) is 9.59 Å². The highest BCUT2D eigenvalue weighted by Crippen LogP contribution is 2.31. The van der Waals surface area contributed by atoms with Gasteiger partial charge >= 0.3 is 5.97 Å². The maximum absolute atomic E-state index is 12.1. The first kappa shape index (κ1) is 17.3. The van der Waals surface area contributed by atoms with Gasteiger partial charge in [0.25, 0.3) is 5.91 Å². The Balaban J connectivity index is 1.56. The Morgan fingerprint density at radius 3 is 2.72 bits per heavy atom. The lowest BCUT2D eigenvalue weighted by Gasteiger charge is -2.11. The second kappa shape index (κ2) is 7.57. The Morgan fingerprint density at radius 2 is 2.00 bits per heavy atom. The molecule has 1 aliphatic carbocycles. The summed E-state index contributed by atoms with van der Waals surface area (Å²) < 4.78 is 15.4. The summed E-state index contributed by atoms with van der Waals surface area (Å²) in [4.78, 5) is 25.9. The van der Waals surface area contributed by atoms with Gasteiger partial charge in [-0.3, -0.25) is 4.79 Å². The number of hydrogen-bond acceptors (Lipinski definition) is 6. The van der Waals surface area contributed by atoms with Crippen LogP contribution in [-0.2, 0) is 22.4 Å². The molecule has 3 rings (SSSR count). The predicted molar refractivity (Wildman–Crippen MR) is 94.8 cm³/mol. The van der Waals surface area contributed by atoms with Crippen molar-refractivity contribution in [2.24, 2.45) is 0 Å². The van der Waals surface area contributed by atoms with Gasteiger partial charge in [-0.1, -0.05) is 0 Å². The number of thiophene rings is 1. The molecule has 1 aromatic heterocycles. The zero-order chi connectivity index (χ0) is 17.8. The van der Waals surface area contributed by atoms with Gasteiger partial charge in [-0.2, -0.15) is 0 Å².